The Labute approximate surface area is 100 Å². The summed E-state index contributed by atoms with van der Waals surface area (Å²) in [5.41, 5.74) is 0. The minimum atomic E-state index is -0.269. The highest BCUT2D eigenvalue weighted by Gasteiger charge is 2.23. The standard InChI is InChI=1S/C10H19N3O4/c1-10(8-13(15)16)12-4-2-11(3-5-12)6-7-17-9-14/h9-10H,2-8H2,1H3. The Morgan fingerprint density at radius 1 is 1.41 bits per heavy atom. The molecule has 1 unspecified atom stereocenters. The smallest absolute Gasteiger partial charge is 0.293 e. The van der Waals surface area contributed by atoms with Crippen LogP contribution in [0, 0.1) is 10.1 Å². The van der Waals surface area contributed by atoms with Gasteiger partial charge in [-0.25, -0.2) is 0 Å². The molecular weight excluding hydrogens is 226 g/mol. The van der Waals surface area contributed by atoms with E-state index < -0.39 is 0 Å². The third kappa shape index (κ3) is 5.10. The zero-order valence-electron chi connectivity index (χ0n) is 10.1. The van der Waals surface area contributed by atoms with Crippen LogP contribution < -0.4 is 0 Å². The summed E-state index contributed by atoms with van der Waals surface area (Å²) in [6, 6.07) is -0.0154. The molecule has 0 aromatic rings. The molecule has 1 atom stereocenters. The van der Waals surface area contributed by atoms with Crippen molar-refractivity contribution in [2.75, 3.05) is 45.9 Å². The summed E-state index contributed by atoms with van der Waals surface area (Å²) >= 11 is 0. The minimum absolute atomic E-state index is 0.00570. The lowest BCUT2D eigenvalue weighted by molar-refractivity contribution is -0.486. The maximum Gasteiger partial charge on any atom is 0.293 e. The second kappa shape index (κ2) is 7.18. The van der Waals surface area contributed by atoms with Crippen LogP contribution >= 0.6 is 0 Å². The van der Waals surface area contributed by atoms with Gasteiger partial charge in [0.1, 0.15) is 6.61 Å². The molecule has 1 saturated heterocycles. The van der Waals surface area contributed by atoms with Gasteiger partial charge in [0.2, 0.25) is 6.54 Å². The first-order chi connectivity index (χ1) is 8.13. The number of carbonyl (C=O) groups is 1. The van der Waals surface area contributed by atoms with Crippen molar-refractivity contribution >= 4 is 6.47 Å². The lowest BCUT2D eigenvalue weighted by Crippen LogP contribution is -2.51. The van der Waals surface area contributed by atoms with E-state index in [-0.39, 0.29) is 17.5 Å². The predicted molar refractivity (Wildman–Crippen MR) is 61.4 cm³/mol. The van der Waals surface area contributed by atoms with E-state index in [4.69, 9.17) is 0 Å². The predicted octanol–water partition coefficient (Wildman–Crippen LogP) is -0.558. The molecule has 0 aliphatic carbocycles. The fourth-order valence-electron chi connectivity index (χ4n) is 1.99. The van der Waals surface area contributed by atoms with Gasteiger partial charge in [0, 0.05) is 37.6 Å². The first kappa shape index (κ1) is 13.9. The minimum Gasteiger partial charge on any atom is -0.467 e. The van der Waals surface area contributed by atoms with Gasteiger partial charge in [-0.15, -0.1) is 0 Å². The van der Waals surface area contributed by atoms with E-state index >= 15 is 0 Å². The Morgan fingerprint density at radius 2 is 2.06 bits per heavy atom. The fourth-order valence-corrected chi connectivity index (χ4v) is 1.99. The van der Waals surface area contributed by atoms with Gasteiger partial charge in [-0.05, 0) is 6.92 Å². The lowest BCUT2D eigenvalue weighted by atomic mass is 10.2. The summed E-state index contributed by atoms with van der Waals surface area (Å²) in [5.74, 6) is 0. The van der Waals surface area contributed by atoms with Crippen LogP contribution in [0.15, 0.2) is 0 Å². The second-order valence-electron chi connectivity index (χ2n) is 4.21. The highest BCUT2D eigenvalue weighted by Crippen LogP contribution is 2.06. The maximum atomic E-state index is 10.4. The largest absolute Gasteiger partial charge is 0.467 e. The summed E-state index contributed by atoms with van der Waals surface area (Å²) in [7, 11) is 0. The number of carbonyl (C=O) groups excluding carboxylic acids is 1. The van der Waals surface area contributed by atoms with Crippen LogP contribution in [0.5, 0.6) is 0 Å². The van der Waals surface area contributed by atoms with Crippen molar-refractivity contribution in [2.45, 2.75) is 13.0 Å². The van der Waals surface area contributed by atoms with E-state index in [1.807, 2.05) is 6.92 Å². The first-order valence-corrected chi connectivity index (χ1v) is 5.77. The molecule has 0 spiro atoms. The number of hydrogen-bond acceptors (Lipinski definition) is 6. The lowest BCUT2D eigenvalue weighted by Gasteiger charge is -2.36. The molecule has 1 fully saturated rings. The van der Waals surface area contributed by atoms with Gasteiger partial charge in [-0.2, -0.15) is 0 Å². The molecule has 1 heterocycles. The quantitative estimate of drug-likeness (QED) is 0.259. The van der Waals surface area contributed by atoms with Crippen LogP contribution in [0.3, 0.4) is 0 Å². The van der Waals surface area contributed by atoms with Gasteiger partial charge >= 0.3 is 0 Å². The molecule has 1 rings (SSSR count). The molecule has 1 aliphatic rings. The molecule has 1 aliphatic heterocycles. The van der Waals surface area contributed by atoms with Crippen molar-refractivity contribution in [3.05, 3.63) is 10.1 Å². The van der Waals surface area contributed by atoms with E-state index in [0.717, 1.165) is 32.7 Å². The number of nitrogens with zero attached hydrogens (tertiary/aromatic N) is 3. The Hall–Kier alpha value is -1.21. The maximum absolute atomic E-state index is 10.4. The van der Waals surface area contributed by atoms with Crippen molar-refractivity contribution in [1.29, 1.82) is 0 Å². The number of rotatable bonds is 7. The molecule has 7 heteroatoms. The molecule has 0 saturated carbocycles. The molecule has 0 radical (unpaired) electrons. The monoisotopic (exact) mass is 245 g/mol. The summed E-state index contributed by atoms with van der Waals surface area (Å²) in [5, 5.41) is 10.4. The van der Waals surface area contributed by atoms with Crippen molar-refractivity contribution in [3.63, 3.8) is 0 Å². The van der Waals surface area contributed by atoms with Crippen molar-refractivity contribution < 1.29 is 14.5 Å². The average molecular weight is 245 g/mol. The first-order valence-electron chi connectivity index (χ1n) is 5.77. The molecule has 0 bridgehead atoms. The summed E-state index contributed by atoms with van der Waals surface area (Å²) in [6.45, 7) is 6.86. The van der Waals surface area contributed by atoms with Crippen molar-refractivity contribution in [3.8, 4) is 0 Å². The molecule has 0 amide bonds. The second-order valence-corrected chi connectivity index (χ2v) is 4.21. The summed E-state index contributed by atoms with van der Waals surface area (Å²) in [6.07, 6.45) is 0. The Morgan fingerprint density at radius 3 is 2.59 bits per heavy atom. The Kier molecular flexibility index (Phi) is 5.85. The molecule has 0 N–H and O–H groups in total. The zero-order chi connectivity index (χ0) is 12.7. The number of hydrogen-bond donors (Lipinski definition) is 0. The molecule has 0 aromatic carbocycles. The van der Waals surface area contributed by atoms with Crippen LogP contribution in [0.25, 0.3) is 0 Å². The van der Waals surface area contributed by atoms with Crippen LogP contribution in [0.2, 0.25) is 0 Å². The third-order valence-corrected chi connectivity index (χ3v) is 3.04. The SMILES string of the molecule is CC(C[N+](=O)[O-])N1CCN(CCOC=O)CC1. The van der Waals surface area contributed by atoms with Gasteiger partial charge in [-0.1, -0.05) is 0 Å². The molecule has 98 valence electrons. The summed E-state index contributed by atoms with van der Waals surface area (Å²) < 4.78 is 4.64. The van der Waals surface area contributed by atoms with Crippen LogP contribution in [0.4, 0.5) is 0 Å². The third-order valence-electron chi connectivity index (χ3n) is 3.04. The highest BCUT2D eigenvalue weighted by molar-refractivity contribution is 5.36. The van der Waals surface area contributed by atoms with E-state index in [1.165, 1.54) is 0 Å². The molecular formula is C10H19N3O4. The zero-order valence-corrected chi connectivity index (χ0v) is 10.1. The normalized spacial score (nSPS) is 19.8. The fraction of sp³-hybridized carbons (Fsp3) is 0.900. The van der Waals surface area contributed by atoms with E-state index in [0.29, 0.717) is 13.1 Å². The van der Waals surface area contributed by atoms with E-state index in [1.54, 1.807) is 0 Å². The van der Waals surface area contributed by atoms with E-state index in [9.17, 15) is 14.9 Å². The average Bonchev–Trinajstić information content (AvgIpc) is 2.29. The molecule has 7 nitrogen and oxygen atoms in total. The number of piperazine rings is 1. The van der Waals surface area contributed by atoms with Crippen LogP contribution in [0.1, 0.15) is 6.92 Å². The van der Waals surface area contributed by atoms with Gasteiger partial charge in [0.25, 0.3) is 6.47 Å². The van der Waals surface area contributed by atoms with Crippen molar-refractivity contribution in [2.24, 2.45) is 0 Å². The van der Waals surface area contributed by atoms with Gasteiger partial charge in [-0.3, -0.25) is 24.7 Å². The Balaban J connectivity index is 2.20. The summed E-state index contributed by atoms with van der Waals surface area (Å²) in [4.78, 5) is 24.4. The van der Waals surface area contributed by atoms with Crippen LogP contribution in [-0.2, 0) is 9.53 Å². The Bertz CT molecular complexity index is 254. The van der Waals surface area contributed by atoms with Gasteiger partial charge in [0.05, 0.1) is 6.04 Å². The number of nitro groups is 1. The van der Waals surface area contributed by atoms with Gasteiger partial charge < -0.3 is 4.74 Å². The van der Waals surface area contributed by atoms with Crippen molar-refractivity contribution in [1.82, 2.24) is 9.80 Å². The van der Waals surface area contributed by atoms with Gasteiger partial charge in [0.15, 0.2) is 0 Å². The number of ether oxygens (including phenoxy) is 1. The topological polar surface area (TPSA) is 75.9 Å². The van der Waals surface area contributed by atoms with Crippen LogP contribution in [-0.4, -0.2) is 73.1 Å². The van der Waals surface area contributed by atoms with E-state index in [2.05, 4.69) is 14.5 Å². The molecule has 17 heavy (non-hydrogen) atoms. The molecule has 0 aromatic heterocycles. The highest BCUT2D eigenvalue weighted by atomic mass is 16.6.